The number of nitrogens with zero attached hydrogens (tertiary/aromatic N) is 4. The Hall–Kier alpha value is -4.10. The van der Waals surface area contributed by atoms with E-state index < -0.39 is 17.4 Å². The van der Waals surface area contributed by atoms with Gasteiger partial charge in [-0.25, -0.2) is 9.97 Å². The van der Waals surface area contributed by atoms with E-state index in [1.54, 1.807) is 18.5 Å². The van der Waals surface area contributed by atoms with Gasteiger partial charge in [-0.05, 0) is 36.1 Å². The summed E-state index contributed by atoms with van der Waals surface area (Å²) in [5, 5.41) is 18.4. The van der Waals surface area contributed by atoms with Crippen LogP contribution in [-0.4, -0.2) is 45.4 Å². The number of carbonyl (C=O) groups excluding carboxylic acids is 2. The molecule has 1 fully saturated rings. The van der Waals surface area contributed by atoms with E-state index in [0.29, 0.717) is 35.4 Å². The van der Waals surface area contributed by atoms with Gasteiger partial charge in [-0.2, -0.15) is 5.26 Å². The second kappa shape index (κ2) is 7.97. The van der Waals surface area contributed by atoms with E-state index in [9.17, 15) is 9.59 Å². The molecule has 0 spiro atoms. The van der Waals surface area contributed by atoms with Gasteiger partial charge in [0, 0.05) is 42.6 Å². The number of carbonyl (C=O) groups is 2. The Bertz CT molecular complexity index is 1230. The molecule has 4 rings (SSSR count). The predicted octanol–water partition coefficient (Wildman–Crippen LogP) is 0.893. The Morgan fingerprint density at radius 1 is 1.29 bits per heavy atom. The van der Waals surface area contributed by atoms with Crippen LogP contribution in [0.3, 0.4) is 0 Å². The molecule has 3 aromatic rings. The van der Waals surface area contributed by atoms with Crippen LogP contribution in [0.25, 0.3) is 22.0 Å². The maximum absolute atomic E-state index is 12.4. The summed E-state index contributed by atoms with van der Waals surface area (Å²) in [5.74, 6) is -1.18. The highest BCUT2D eigenvalue weighted by Gasteiger charge is 2.39. The van der Waals surface area contributed by atoms with Crippen molar-refractivity contribution >= 4 is 34.2 Å². The lowest BCUT2D eigenvalue weighted by atomic mass is 9.89. The summed E-state index contributed by atoms with van der Waals surface area (Å²) >= 11 is 0. The molecule has 10 heteroatoms. The van der Waals surface area contributed by atoms with E-state index in [2.05, 4.69) is 30.9 Å². The number of amides is 2. The van der Waals surface area contributed by atoms with Crippen LogP contribution in [0.5, 0.6) is 0 Å². The number of nitriles is 1. The highest BCUT2D eigenvalue weighted by molar-refractivity contribution is 6.39. The Morgan fingerprint density at radius 3 is 2.77 bits per heavy atom. The normalized spacial score (nSPS) is 14.3. The van der Waals surface area contributed by atoms with Crippen molar-refractivity contribution in [2.45, 2.75) is 18.9 Å². The fourth-order valence-electron chi connectivity index (χ4n) is 3.42. The van der Waals surface area contributed by atoms with Gasteiger partial charge in [0.05, 0.1) is 23.7 Å². The number of hydrogen-bond donors (Lipinski definition) is 4. The maximum Gasteiger partial charge on any atom is 0.314 e. The van der Waals surface area contributed by atoms with Gasteiger partial charge in [0.2, 0.25) is 0 Å². The summed E-state index contributed by atoms with van der Waals surface area (Å²) in [6.07, 6.45) is 5.03. The lowest BCUT2D eigenvalue weighted by Gasteiger charge is -2.41. The molecule has 3 aromatic heterocycles. The number of rotatable bonds is 4. The first kappa shape index (κ1) is 20.2. The summed E-state index contributed by atoms with van der Waals surface area (Å²) in [4.78, 5) is 37.4. The Labute approximate surface area is 177 Å². The monoisotopic (exact) mass is 416 g/mol. The molecule has 31 heavy (non-hydrogen) atoms. The number of hydrogen-bond acceptors (Lipinski definition) is 8. The molecule has 0 aromatic carbocycles. The number of aryl methyl sites for hydroxylation is 1. The molecule has 0 bridgehead atoms. The van der Waals surface area contributed by atoms with E-state index >= 15 is 0 Å². The minimum Gasteiger partial charge on any atom is -0.383 e. The lowest BCUT2D eigenvalue weighted by molar-refractivity contribution is -0.137. The van der Waals surface area contributed by atoms with Crippen LogP contribution in [0.15, 0.2) is 36.8 Å². The second-order valence-electron chi connectivity index (χ2n) is 7.50. The van der Waals surface area contributed by atoms with Crippen LogP contribution in [0, 0.1) is 18.3 Å². The minimum atomic E-state index is -0.860. The van der Waals surface area contributed by atoms with Crippen molar-refractivity contribution in [1.29, 1.82) is 5.26 Å². The first-order valence-electron chi connectivity index (χ1n) is 9.59. The predicted molar refractivity (Wildman–Crippen MR) is 115 cm³/mol. The van der Waals surface area contributed by atoms with E-state index in [1.165, 1.54) is 6.20 Å². The Kier molecular flexibility index (Phi) is 5.19. The number of anilines is 2. The molecule has 0 radical (unpaired) electrons. The largest absolute Gasteiger partial charge is 0.383 e. The van der Waals surface area contributed by atoms with Gasteiger partial charge >= 0.3 is 11.8 Å². The Balaban J connectivity index is 1.57. The minimum absolute atomic E-state index is 0.121. The van der Waals surface area contributed by atoms with Crippen molar-refractivity contribution in [3.63, 3.8) is 0 Å². The summed E-state index contributed by atoms with van der Waals surface area (Å²) < 4.78 is 0. The number of aromatic nitrogens is 3. The molecule has 1 saturated heterocycles. The molecule has 1 aliphatic rings. The van der Waals surface area contributed by atoms with Gasteiger partial charge in [0.25, 0.3) is 0 Å². The third kappa shape index (κ3) is 3.99. The molecule has 1 aliphatic heterocycles. The zero-order valence-corrected chi connectivity index (χ0v) is 16.8. The fraction of sp³-hybridized carbons (Fsp3) is 0.238. The van der Waals surface area contributed by atoms with Gasteiger partial charge in [0.15, 0.2) is 0 Å². The standard InChI is InChI=1S/C21H20N8O2/c1-12-2-5-24-8-14(12)16-6-13-7-17(26-9-15(13)18(23)27-16)28-19(30)20(31)29-21(3-4-22)10-25-11-21/h2,5-9,25H,3,10-11H2,1H3,(H2,23,27)(H,29,31)(H,26,28,30). The van der Waals surface area contributed by atoms with Crippen LogP contribution < -0.4 is 21.7 Å². The molecular formula is C21H20N8O2. The number of nitrogen functional groups attached to an aromatic ring is 1. The van der Waals surface area contributed by atoms with Crippen LogP contribution in [0.4, 0.5) is 11.6 Å². The zero-order chi connectivity index (χ0) is 22.0. The van der Waals surface area contributed by atoms with Gasteiger partial charge in [-0.15, -0.1) is 0 Å². The fourth-order valence-corrected chi connectivity index (χ4v) is 3.42. The smallest absolute Gasteiger partial charge is 0.314 e. The van der Waals surface area contributed by atoms with Crippen LogP contribution >= 0.6 is 0 Å². The molecule has 5 N–H and O–H groups in total. The first-order valence-corrected chi connectivity index (χ1v) is 9.59. The molecule has 4 heterocycles. The molecule has 10 nitrogen and oxygen atoms in total. The summed E-state index contributed by atoms with van der Waals surface area (Å²) in [6, 6.07) is 7.37. The average molecular weight is 416 g/mol. The number of pyridine rings is 3. The van der Waals surface area contributed by atoms with Crippen molar-refractivity contribution in [1.82, 2.24) is 25.6 Å². The van der Waals surface area contributed by atoms with E-state index in [4.69, 9.17) is 11.0 Å². The summed E-state index contributed by atoms with van der Waals surface area (Å²) in [7, 11) is 0. The van der Waals surface area contributed by atoms with Gasteiger partial charge in [-0.3, -0.25) is 14.6 Å². The maximum atomic E-state index is 12.4. The van der Waals surface area contributed by atoms with E-state index in [-0.39, 0.29) is 12.2 Å². The van der Waals surface area contributed by atoms with Crippen LogP contribution in [0.2, 0.25) is 0 Å². The first-order chi connectivity index (χ1) is 14.9. The van der Waals surface area contributed by atoms with E-state index in [0.717, 1.165) is 11.1 Å². The van der Waals surface area contributed by atoms with Crippen LogP contribution in [-0.2, 0) is 9.59 Å². The van der Waals surface area contributed by atoms with Gasteiger partial charge in [0.1, 0.15) is 11.6 Å². The van der Waals surface area contributed by atoms with Crippen LogP contribution in [0.1, 0.15) is 12.0 Å². The van der Waals surface area contributed by atoms with Crippen molar-refractivity contribution in [2.75, 3.05) is 24.1 Å². The number of nitrogens with two attached hydrogens (primary N) is 1. The number of nitrogens with one attached hydrogen (secondary N) is 3. The van der Waals surface area contributed by atoms with E-state index in [1.807, 2.05) is 25.1 Å². The average Bonchev–Trinajstić information content (AvgIpc) is 2.72. The molecule has 0 unspecified atom stereocenters. The quantitative estimate of drug-likeness (QED) is 0.456. The zero-order valence-electron chi connectivity index (χ0n) is 16.8. The summed E-state index contributed by atoms with van der Waals surface area (Å²) in [6.45, 7) is 2.83. The molecule has 0 aliphatic carbocycles. The molecule has 2 amide bonds. The Morgan fingerprint density at radius 2 is 2.10 bits per heavy atom. The topological polar surface area (TPSA) is 159 Å². The molecule has 0 atom stereocenters. The van der Waals surface area contributed by atoms with Crippen molar-refractivity contribution < 1.29 is 9.59 Å². The van der Waals surface area contributed by atoms with Crippen molar-refractivity contribution in [3.05, 3.63) is 42.4 Å². The SMILES string of the molecule is Cc1ccncc1-c1cc2cc(NC(=O)C(=O)NC3(CC#N)CNC3)ncc2c(N)n1. The van der Waals surface area contributed by atoms with Gasteiger partial charge in [-0.1, -0.05) is 0 Å². The third-order valence-electron chi connectivity index (χ3n) is 5.23. The third-order valence-corrected chi connectivity index (χ3v) is 5.23. The molecule has 0 saturated carbocycles. The second-order valence-corrected chi connectivity index (χ2v) is 7.50. The summed E-state index contributed by atoms with van der Waals surface area (Å²) in [5.41, 5.74) is 7.88. The molecular weight excluding hydrogens is 396 g/mol. The highest BCUT2D eigenvalue weighted by Crippen LogP contribution is 2.28. The van der Waals surface area contributed by atoms with Gasteiger partial charge < -0.3 is 21.7 Å². The van der Waals surface area contributed by atoms with Crippen molar-refractivity contribution in [3.8, 4) is 17.3 Å². The lowest BCUT2D eigenvalue weighted by Crippen LogP contribution is -2.69. The number of fused-ring (bicyclic) bond motifs is 1. The molecule has 156 valence electrons. The highest BCUT2D eigenvalue weighted by atomic mass is 16.2. The van der Waals surface area contributed by atoms with Crippen molar-refractivity contribution in [2.24, 2.45) is 0 Å².